The molecule has 0 N–H and O–H groups in total. The van der Waals surface area contributed by atoms with E-state index in [9.17, 15) is 4.79 Å². The van der Waals surface area contributed by atoms with Gasteiger partial charge in [0.05, 0.1) is 6.61 Å². The molecule has 24 heavy (non-hydrogen) atoms. The lowest BCUT2D eigenvalue weighted by Crippen LogP contribution is -2.07. The lowest BCUT2D eigenvalue weighted by molar-refractivity contribution is -0.137. The predicted octanol–water partition coefficient (Wildman–Crippen LogP) is 4.78. The van der Waals surface area contributed by atoms with Crippen LogP contribution in [0.3, 0.4) is 0 Å². The van der Waals surface area contributed by atoms with E-state index in [1.54, 1.807) is 6.92 Å². The first-order chi connectivity index (χ1) is 11.4. The molecule has 0 heterocycles. The second kappa shape index (κ2) is 10.3. The summed E-state index contributed by atoms with van der Waals surface area (Å²) >= 11 is 0. The fraction of sp³-hybridized carbons (Fsp3) is 0.286. The highest BCUT2D eigenvalue weighted by molar-refractivity contribution is 5.83. The van der Waals surface area contributed by atoms with E-state index in [0.29, 0.717) is 6.61 Å². The molecule has 0 spiro atoms. The molecular formula is C21H27NO2. The molecule has 0 aliphatic heterocycles. The van der Waals surface area contributed by atoms with E-state index < -0.39 is 0 Å². The van der Waals surface area contributed by atoms with Crippen LogP contribution in [0, 0.1) is 0 Å². The molecule has 0 radical (unpaired) electrons. The van der Waals surface area contributed by atoms with Crippen LogP contribution in [0.25, 0.3) is 6.08 Å². The first kappa shape index (κ1) is 19.5. The Morgan fingerprint density at radius 1 is 1.08 bits per heavy atom. The van der Waals surface area contributed by atoms with Crippen molar-refractivity contribution in [2.45, 2.75) is 20.8 Å². The summed E-state index contributed by atoms with van der Waals surface area (Å²) < 4.78 is 4.87. The summed E-state index contributed by atoms with van der Waals surface area (Å²) in [6.45, 7) is 6.10. The highest BCUT2D eigenvalue weighted by atomic mass is 16.5. The number of hydrogen-bond donors (Lipinski definition) is 0. The Morgan fingerprint density at radius 3 is 2.33 bits per heavy atom. The summed E-state index contributed by atoms with van der Waals surface area (Å²) in [4.78, 5) is 13.4. The van der Waals surface area contributed by atoms with Gasteiger partial charge in [-0.3, -0.25) is 0 Å². The number of carbonyl (C=O) groups excluding carboxylic acids is 1. The third-order valence-corrected chi connectivity index (χ3v) is 3.30. The van der Waals surface area contributed by atoms with E-state index in [-0.39, 0.29) is 5.97 Å². The second-order valence-corrected chi connectivity index (χ2v) is 5.73. The third kappa shape index (κ3) is 7.63. The van der Waals surface area contributed by atoms with Crippen molar-refractivity contribution in [2.24, 2.45) is 0 Å². The maximum absolute atomic E-state index is 11.3. The average Bonchev–Trinajstić information content (AvgIpc) is 2.53. The van der Waals surface area contributed by atoms with Crippen LogP contribution in [0.5, 0.6) is 0 Å². The molecule has 0 saturated heterocycles. The van der Waals surface area contributed by atoms with E-state index in [4.69, 9.17) is 4.74 Å². The zero-order valence-electron chi connectivity index (χ0n) is 15.2. The summed E-state index contributed by atoms with van der Waals surface area (Å²) in [6, 6.07) is 8.40. The summed E-state index contributed by atoms with van der Waals surface area (Å²) in [5, 5.41) is 0. The van der Waals surface area contributed by atoms with E-state index >= 15 is 0 Å². The highest BCUT2D eigenvalue weighted by Crippen LogP contribution is 2.14. The van der Waals surface area contributed by atoms with Gasteiger partial charge < -0.3 is 9.64 Å². The number of hydrogen-bond acceptors (Lipinski definition) is 3. The molecule has 128 valence electrons. The van der Waals surface area contributed by atoms with Crippen LogP contribution in [-0.4, -0.2) is 26.7 Å². The van der Waals surface area contributed by atoms with Gasteiger partial charge in [-0.25, -0.2) is 4.79 Å². The van der Waals surface area contributed by atoms with Crippen molar-refractivity contribution in [3.8, 4) is 0 Å². The fourth-order valence-corrected chi connectivity index (χ4v) is 1.94. The van der Waals surface area contributed by atoms with Crippen molar-refractivity contribution < 1.29 is 9.53 Å². The molecule has 0 aromatic heterocycles. The largest absolute Gasteiger partial charge is 0.463 e. The van der Waals surface area contributed by atoms with Gasteiger partial charge in [-0.15, -0.1) is 0 Å². The second-order valence-electron chi connectivity index (χ2n) is 5.73. The highest BCUT2D eigenvalue weighted by Gasteiger charge is 1.95. The minimum absolute atomic E-state index is 0.304. The Morgan fingerprint density at radius 2 is 1.75 bits per heavy atom. The number of rotatable bonds is 7. The Hall–Kier alpha value is -2.55. The van der Waals surface area contributed by atoms with Gasteiger partial charge in [-0.05, 0) is 44.0 Å². The number of carbonyl (C=O) groups is 1. The van der Waals surface area contributed by atoms with Crippen LogP contribution < -0.4 is 4.90 Å². The molecular weight excluding hydrogens is 298 g/mol. The first-order valence-electron chi connectivity index (χ1n) is 8.08. The van der Waals surface area contributed by atoms with Crippen molar-refractivity contribution in [3.63, 3.8) is 0 Å². The van der Waals surface area contributed by atoms with Crippen LogP contribution in [-0.2, 0) is 9.53 Å². The van der Waals surface area contributed by atoms with Gasteiger partial charge in [0.1, 0.15) is 0 Å². The van der Waals surface area contributed by atoms with Crippen LogP contribution >= 0.6 is 0 Å². The number of nitrogens with zero attached hydrogens (tertiary/aromatic N) is 1. The quantitative estimate of drug-likeness (QED) is 0.410. The monoisotopic (exact) mass is 325 g/mol. The summed E-state index contributed by atoms with van der Waals surface area (Å²) in [6.07, 6.45) is 11.5. The molecule has 0 aliphatic carbocycles. The van der Waals surface area contributed by atoms with Gasteiger partial charge in [0.15, 0.2) is 0 Å². The molecule has 3 heteroatoms. The molecule has 0 unspecified atom stereocenters. The minimum atomic E-state index is -0.304. The zero-order chi connectivity index (χ0) is 17.9. The van der Waals surface area contributed by atoms with Crippen LogP contribution in [0.4, 0.5) is 5.69 Å². The summed E-state index contributed by atoms with van der Waals surface area (Å²) in [7, 11) is 4.06. The first-order valence-corrected chi connectivity index (χ1v) is 8.08. The standard InChI is InChI=1S/C21H27NO2/c1-6-24-21(23)16-18(3)9-7-8-17(2)10-11-19-12-14-20(15-13-19)22(4)5/h7-16H,6H2,1-5H3/b9-7+,11-10+,17-8+,18-16+. The molecule has 3 nitrogen and oxygen atoms in total. The molecule has 0 bridgehead atoms. The molecule has 0 atom stereocenters. The molecule has 0 aliphatic rings. The Balaban J connectivity index is 2.63. The predicted molar refractivity (Wildman–Crippen MR) is 103 cm³/mol. The van der Waals surface area contributed by atoms with E-state index in [1.807, 2.05) is 46.2 Å². The number of allylic oxidation sites excluding steroid dienone is 6. The van der Waals surface area contributed by atoms with E-state index in [1.165, 1.54) is 11.8 Å². The maximum atomic E-state index is 11.3. The number of anilines is 1. The van der Waals surface area contributed by atoms with Crippen molar-refractivity contribution in [1.29, 1.82) is 0 Å². The Bertz CT molecular complexity index is 647. The third-order valence-electron chi connectivity index (χ3n) is 3.30. The molecule has 0 fully saturated rings. The SMILES string of the molecule is CCOC(=O)/C=C(C)/C=C/C=C(C)/C=C/c1ccc(N(C)C)cc1. The molecule has 1 rings (SSSR count). The van der Waals surface area contributed by atoms with Gasteiger partial charge in [0.2, 0.25) is 0 Å². The van der Waals surface area contributed by atoms with Gasteiger partial charge >= 0.3 is 5.97 Å². The van der Waals surface area contributed by atoms with Crippen molar-refractivity contribution in [3.05, 3.63) is 71.4 Å². The Labute approximate surface area is 145 Å². The van der Waals surface area contributed by atoms with E-state index in [0.717, 1.165) is 16.7 Å². The van der Waals surface area contributed by atoms with Crippen molar-refractivity contribution in [2.75, 3.05) is 25.6 Å². The molecule has 1 aromatic rings. The smallest absolute Gasteiger partial charge is 0.330 e. The minimum Gasteiger partial charge on any atom is -0.463 e. The van der Waals surface area contributed by atoms with Gasteiger partial charge in [0.25, 0.3) is 0 Å². The topological polar surface area (TPSA) is 29.5 Å². The molecule has 0 saturated carbocycles. The van der Waals surface area contributed by atoms with Crippen molar-refractivity contribution in [1.82, 2.24) is 0 Å². The summed E-state index contributed by atoms with van der Waals surface area (Å²) in [5.74, 6) is -0.304. The van der Waals surface area contributed by atoms with Crippen LogP contribution in [0.2, 0.25) is 0 Å². The average molecular weight is 325 g/mol. The number of benzene rings is 1. The van der Waals surface area contributed by atoms with E-state index in [2.05, 4.69) is 41.3 Å². The summed E-state index contributed by atoms with van der Waals surface area (Å²) in [5.41, 5.74) is 4.34. The zero-order valence-corrected chi connectivity index (χ0v) is 15.2. The van der Waals surface area contributed by atoms with Crippen molar-refractivity contribution >= 4 is 17.7 Å². The molecule has 1 aromatic carbocycles. The maximum Gasteiger partial charge on any atom is 0.330 e. The van der Waals surface area contributed by atoms with Crippen LogP contribution in [0.1, 0.15) is 26.3 Å². The lowest BCUT2D eigenvalue weighted by atomic mass is 10.1. The normalized spacial score (nSPS) is 12.9. The number of esters is 1. The lowest BCUT2D eigenvalue weighted by Gasteiger charge is -2.11. The molecule has 0 amide bonds. The fourth-order valence-electron chi connectivity index (χ4n) is 1.94. The van der Waals surface area contributed by atoms with Crippen LogP contribution in [0.15, 0.2) is 65.8 Å². The Kier molecular flexibility index (Phi) is 8.34. The van der Waals surface area contributed by atoms with Gasteiger partial charge in [0, 0.05) is 25.9 Å². The number of ether oxygens (including phenoxy) is 1. The van der Waals surface area contributed by atoms with Gasteiger partial charge in [-0.1, -0.05) is 48.1 Å². The van der Waals surface area contributed by atoms with Gasteiger partial charge in [-0.2, -0.15) is 0 Å².